The van der Waals surface area contributed by atoms with E-state index >= 15 is 0 Å². The van der Waals surface area contributed by atoms with Gasteiger partial charge in [0.2, 0.25) is 0 Å². The highest BCUT2D eigenvalue weighted by Crippen LogP contribution is 2.40. The maximum Gasteiger partial charge on any atom is 0.130 e. The Balaban J connectivity index is 0.862. The summed E-state index contributed by atoms with van der Waals surface area (Å²) in [5.41, 5.74) is 12.3. The lowest BCUT2D eigenvalue weighted by molar-refractivity contribution is 0.201. The quantitative estimate of drug-likeness (QED) is 0.176. The number of halogens is 1. The number of piperidine rings is 2. The van der Waals surface area contributed by atoms with Crippen molar-refractivity contribution in [3.63, 3.8) is 0 Å². The van der Waals surface area contributed by atoms with E-state index in [0.29, 0.717) is 10.9 Å². The molecule has 4 aliphatic heterocycles. The maximum absolute atomic E-state index is 6.70. The van der Waals surface area contributed by atoms with E-state index in [4.69, 9.17) is 21.7 Å². The summed E-state index contributed by atoms with van der Waals surface area (Å²) < 4.78 is 2.09. The Bertz CT molecular complexity index is 2120. The van der Waals surface area contributed by atoms with Gasteiger partial charge in [0.05, 0.1) is 33.8 Å². The van der Waals surface area contributed by atoms with Gasteiger partial charge in [-0.2, -0.15) is 5.10 Å². The number of piperazine rings is 1. The van der Waals surface area contributed by atoms with Gasteiger partial charge >= 0.3 is 0 Å². The summed E-state index contributed by atoms with van der Waals surface area (Å²) in [7, 11) is 4.18. The fourth-order valence-corrected chi connectivity index (χ4v) is 9.08. The van der Waals surface area contributed by atoms with Crippen LogP contribution in [0.25, 0.3) is 17.0 Å². The first-order valence-electron chi connectivity index (χ1n) is 19.7. The second-order valence-corrected chi connectivity index (χ2v) is 16.0. The van der Waals surface area contributed by atoms with Crippen molar-refractivity contribution in [2.75, 3.05) is 72.9 Å². The molecule has 9 nitrogen and oxygen atoms in total. The molecule has 2 aromatic heterocycles. The number of hydrogen-bond donors (Lipinski definition) is 2. The van der Waals surface area contributed by atoms with Gasteiger partial charge in [0.1, 0.15) is 5.82 Å². The molecule has 6 heterocycles. The van der Waals surface area contributed by atoms with E-state index in [9.17, 15) is 0 Å². The molecule has 1 unspecified atom stereocenters. The first-order valence-corrected chi connectivity index (χ1v) is 20.1. The van der Waals surface area contributed by atoms with E-state index < -0.39 is 0 Å². The number of likely N-dealkylation sites (N-methyl/N-ethyl adjacent to an activating group) is 1. The molecule has 0 spiro atoms. The Morgan fingerprint density at radius 2 is 1.72 bits per heavy atom. The van der Waals surface area contributed by atoms with Gasteiger partial charge in [-0.25, -0.2) is 4.98 Å². The van der Waals surface area contributed by atoms with Crippen molar-refractivity contribution in [3.8, 4) is 0 Å². The highest BCUT2D eigenvalue weighted by atomic mass is 35.5. The van der Waals surface area contributed by atoms with Gasteiger partial charge in [0.25, 0.3) is 0 Å². The van der Waals surface area contributed by atoms with Gasteiger partial charge in [0.15, 0.2) is 0 Å². The van der Waals surface area contributed by atoms with Gasteiger partial charge < -0.3 is 25.3 Å². The molecular formula is C44H54ClN9. The molecule has 3 fully saturated rings. The number of para-hydroxylation sites is 1. The van der Waals surface area contributed by atoms with Gasteiger partial charge in [0, 0.05) is 111 Å². The summed E-state index contributed by atoms with van der Waals surface area (Å²) >= 11 is 6.70. The van der Waals surface area contributed by atoms with Crippen LogP contribution in [0.15, 0.2) is 91.1 Å². The Kier molecular flexibility index (Phi) is 10.2. The lowest BCUT2D eigenvalue weighted by Crippen LogP contribution is -2.49. The molecule has 1 atom stereocenters. The fraction of sp³-hybridized carbons (Fsp3) is 0.409. The number of aryl methyl sites for hydroxylation is 1. The zero-order chi connectivity index (χ0) is 37.5. The molecule has 0 saturated carbocycles. The number of allylic oxidation sites excluding steroid dienone is 3. The Morgan fingerprint density at radius 3 is 2.48 bits per heavy atom. The van der Waals surface area contributed by atoms with Crippen LogP contribution >= 0.6 is 11.6 Å². The summed E-state index contributed by atoms with van der Waals surface area (Å²) in [5, 5.41) is 13.9. The van der Waals surface area contributed by atoms with Gasteiger partial charge in [-0.05, 0) is 73.9 Å². The average molecular weight is 744 g/mol. The van der Waals surface area contributed by atoms with Crippen LogP contribution in [-0.2, 0) is 7.05 Å². The lowest BCUT2D eigenvalue weighted by Gasteiger charge is -2.40. The number of hydrogen-bond acceptors (Lipinski definition) is 8. The van der Waals surface area contributed by atoms with Crippen molar-refractivity contribution in [1.29, 1.82) is 0 Å². The molecule has 54 heavy (non-hydrogen) atoms. The van der Waals surface area contributed by atoms with Crippen molar-refractivity contribution in [2.45, 2.75) is 51.4 Å². The number of nitrogens with zero attached hydrogens (tertiary/aromatic N) is 7. The molecule has 10 heteroatoms. The molecule has 3 saturated heterocycles. The van der Waals surface area contributed by atoms with Crippen molar-refractivity contribution in [2.24, 2.45) is 13.0 Å². The van der Waals surface area contributed by atoms with Crippen molar-refractivity contribution >= 4 is 57.1 Å². The molecule has 4 aromatic rings. The van der Waals surface area contributed by atoms with E-state index in [-0.39, 0.29) is 5.92 Å². The minimum Gasteiger partial charge on any atom is -0.370 e. The smallest absolute Gasteiger partial charge is 0.130 e. The number of fused-ring (bicyclic) bond motifs is 2. The normalized spacial score (nSPS) is 20.0. The summed E-state index contributed by atoms with van der Waals surface area (Å²) in [5.74, 6) is 1.87. The third kappa shape index (κ3) is 7.11. The fourth-order valence-electron chi connectivity index (χ4n) is 8.93. The third-order valence-electron chi connectivity index (χ3n) is 12.0. The van der Waals surface area contributed by atoms with Crippen LogP contribution in [0.4, 0.5) is 28.6 Å². The minimum absolute atomic E-state index is 0.204. The van der Waals surface area contributed by atoms with Crippen LogP contribution in [0.1, 0.15) is 62.6 Å². The second-order valence-electron chi connectivity index (χ2n) is 15.6. The molecule has 0 radical (unpaired) electrons. The maximum atomic E-state index is 6.70. The molecule has 2 aromatic carbocycles. The number of pyridine rings is 1. The summed E-state index contributed by atoms with van der Waals surface area (Å²) in [6.07, 6.45) is 10.5. The van der Waals surface area contributed by atoms with Crippen molar-refractivity contribution in [3.05, 3.63) is 107 Å². The summed E-state index contributed by atoms with van der Waals surface area (Å²) in [6, 6.07) is 15.3. The van der Waals surface area contributed by atoms with Crippen molar-refractivity contribution in [1.82, 2.24) is 25.0 Å². The van der Waals surface area contributed by atoms with Crippen LogP contribution < -0.4 is 25.3 Å². The summed E-state index contributed by atoms with van der Waals surface area (Å²) in [6.45, 7) is 22.2. The highest BCUT2D eigenvalue weighted by Gasteiger charge is 2.29. The Labute approximate surface area is 325 Å². The molecule has 4 aliphatic rings. The zero-order valence-electron chi connectivity index (χ0n) is 32.2. The Hall–Kier alpha value is -4.73. The number of rotatable bonds is 9. The third-order valence-corrected chi connectivity index (χ3v) is 12.3. The van der Waals surface area contributed by atoms with Crippen LogP contribution in [-0.4, -0.2) is 72.5 Å². The number of anilines is 5. The van der Waals surface area contributed by atoms with E-state index in [1.54, 1.807) is 6.20 Å². The summed E-state index contributed by atoms with van der Waals surface area (Å²) in [4.78, 5) is 14.6. The van der Waals surface area contributed by atoms with E-state index in [1.807, 2.05) is 0 Å². The molecule has 282 valence electrons. The number of benzene rings is 2. The molecular weight excluding hydrogens is 690 g/mol. The predicted molar refractivity (Wildman–Crippen MR) is 227 cm³/mol. The molecule has 8 rings (SSSR count). The van der Waals surface area contributed by atoms with Crippen molar-refractivity contribution < 1.29 is 0 Å². The lowest BCUT2D eigenvalue weighted by atomic mass is 9.90. The topological polar surface area (TPSA) is 67.7 Å². The minimum atomic E-state index is 0.204. The molecule has 0 bridgehead atoms. The monoisotopic (exact) mass is 743 g/mol. The van der Waals surface area contributed by atoms with Crippen LogP contribution in [0.5, 0.6) is 0 Å². The van der Waals surface area contributed by atoms with Gasteiger partial charge in [-0.15, -0.1) is 0 Å². The second kappa shape index (κ2) is 15.2. The van der Waals surface area contributed by atoms with E-state index in [0.717, 1.165) is 111 Å². The molecule has 2 N–H and O–H groups in total. The first kappa shape index (κ1) is 36.3. The Morgan fingerprint density at radius 1 is 0.926 bits per heavy atom. The standard InChI is InChI=1S/C44H54ClN9/c1-7-9-33-24-34-25-35(13-15-40(34)50(5)31(33)4)48-39-26-42(46-27-38(39)45)54-22-20-52(21-23-54)28-32-16-18-53(19-17-32)41-11-8-10-37-43(49-51(6)44(37)41)36-14-12-29(2)47-30(36)3/h8,10-11,13,15,24-27,32,36,47H,2-4,7,9,12,14,16-23,28H2,1,5-6H3,(H,46,48). The zero-order valence-corrected chi connectivity index (χ0v) is 32.9. The van der Waals surface area contributed by atoms with Crippen LogP contribution in [0, 0.1) is 5.92 Å². The average Bonchev–Trinajstić information content (AvgIpc) is 3.51. The number of nitrogens with one attached hydrogen (secondary N) is 2. The molecule has 0 amide bonds. The number of aromatic nitrogens is 3. The first-order chi connectivity index (χ1) is 26.2. The largest absolute Gasteiger partial charge is 0.370 e. The van der Waals surface area contributed by atoms with Gasteiger partial charge in [-0.1, -0.05) is 56.8 Å². The predicted octanol–water partition coefficient (Wildman–Crippen LogP) is 9.05. The van der Waals surface area contributed by atoms with Gasteiger partial charge in [-0.3, -0.25) is 9.58 Å². The van der Waals surface area contributed by atoms with Crippen LogP contribution in [0.3, 0.4) is 0 Å². The molecule has 0 aliphatic carbocycles. The van der Waals surface area contributed by atoms with Crippen LogP contribution in [0.2, 0.25) is 5.02 Å². The van der Waals surface area contributed by atoms with E-state index in [1.165, 1.54) is 46.3 Å². The highest BCUT2D eigenvalue weighted by molar-refractivity contribution is 6.33. The van der Waals surface area contributed by atoms with E-state index in [2.05, 4.69) is 124 Å². The SMILES string of the molecule is C=C1CCC(c2nn(C)c3c(N4CCC(CN5CCN(c6cc(Nc7ccc8c(c7)C=C(CCC)C(=C)N8C)c(Cl)cn6)CC5)CC4)cccc23)C(=C)N1.